The molecule has 0 aliphatic carbocycles. The summed E-state index contributed by atoms with van der Waals surface area (Å²) in [5.74, 6) is 0. The minimum atomic E-state index is 0.362. The Labute approximate surface area is 171 Å². The normalized spacial score (nSPS) is 11.0. The van der Waals surface area contributed by atoms with Gasteiger partial charge in [-0.05, 0) is 49.3 Å². The number of hydrogen-bond donors (Lipinski definition) is 3. The van der Waals surface area contributed by atoms with Crippen LogP contribution in [0.15, 0.2) is 60.2 Å². The molecule has 0 saturated carbocycles. The van der Waals surface area contributed by atoms with E-state index in [0.717, 1.165) is 23.2 Å². The third kappa shape index (κ3) is 6.17. The van der Waals surface area contributed by atoms with Gasteiger partial charge in [0.05, 0.1) is 5.70 Å². The van der Waals surface area contributed by atoms with Crippen molar-refractivity contribution in [2.24, 2.45) is 0 Å². The summed E-state index contributed by atoms with van der Waals surface area (Å²) in [5, 5.41) is 19.6. The summed E-state index contributed by atoms with van der Waals surface area (Å²) >= 11 is 10.9. The summed E-state index contributed by atoms with van der Waals surface area (Å²) in [6.45, 7) is 4.75. The topological polar surface area (TPSA) is 59.9 Å². The number of benzene rings is 2. The number of nitriles is 1. The fourth-order valence-corrected chi connectivity index (χ4v) is 2.89. The molecule has 0 saturated heterocycles. The van der Waals surface area contributed by atoms with E-state index in [1.54, 1.807) is 0 Å². The van der Waals surface area contributed by atoms with Crippen molar-refractivity contribution in [3.05, 3.63) is 71.3 Å². The largest absolute Gasteiger partial charge is 0.375 e. The van der Waals surface area contributed by atoms with Gasteiger partial charge in [-0.15, -0.1) is 0 Å². The van der Waals surface area contributed by atoms with Crippen LogP contribution < -0.4 is 16.0 Å². The zero-order valence-electron chi connectivity index (χ0n) is 15.4. The van der Waals surface area contributed by atoms with E-state index in [1.807, 2.05) is 68.4 Å². The van der Waals surface area contributed by atoms with Gasteiger partial charge in [-0.2, -0.15) is 5.26 Å². The van der Waals surface area contributed by atoms with E-state index in [9.17, 15) is 5.26 Å². The average Bonchev–Trinajstić information content (AvgIpc) is 2.67. The van der Waals surface area contributed by atoms with Crippen LogP contribution in [0.5, 0.6) is 0 Å². The van der Waals surface area contributed by atoms with E-state index in [0.29, 0.717) is 27.9 Å². The second-order valence-electron chi connectivity index (χ2n) is 5.93. The quantitative estimate of drug-likeness (QED) is 0.380. The van der Waals surface area contributed by atoms with Crippen molar-refractivity contribution in [2.75, 3.05) is 11.9 Å². The van der Waals surface area contributed by atoms with Crippen LogP contribution in [0.4, 0.5) is 5.69 Å². The molecule has 0 aliphatic heterocycles. The van der Waals surface area contributed by atoms with Crippen molar-refractivity contribution < 1.29 is 0 Å². The van der Waals surface area contributed by atoms with Gasteiger partial charge in [0.25, 0.3) is 0 Å². The first-order valence-electron chi connectivity index (χ1n) is 8.67. The molecule has 6 heteroatoms. The molecule has 4 nitrogen and oxygen atoms in total. The summed E-state index contributed by atoms with van der Waals surface area (Å²) in [4.78, 5) is 0.408. The molecule has 0 aromatic heterocycles. The number of aryl methyl sites for hydroxylation is 1. The summed E-state index contributed by atoms with van der Waals surface area (Å²) in [6.07, 6.45) is 0.917. The molecule has 2 aromatic rings. The Morgan fingerprint density at radius 3 is 2.44 bits per heavy atom. The minimum Gasteiger partial charge on any atom is -0.375 e. The van der Waals surface area contributed by atoms with E-state index in [-0.39, 0.29) is 0 Å². The van der Waals surface area contributed by atoms with Gasteiger partial charge in [-0.3, -0.25) is 0 Å². The molecule has 3 N–H and O–H groups in total. The lowest BCUT2D eigenvalue weighted by Gasteiger charge is -2.17. The predicted octanol–water partition coefficient (Wildman–Crippen LogP) is 4.54. The number of rotatable bonds is 6. The van der Waals surface area contributed by atoms with Crippen molar-refractivity contribution in [3.8, 4) is 6.07 Å². The number of anilines is 1. The third-order valence-electron chi connectivity index (χ3n) is 3.70. The van der Waals surface area contributed by atoms with Crippen LogP contribution in [0.3, 0.4) is 0 Å². The third-order valence-corrected chi connectivity index (χ3v) is 4.25. The van der Waals surface area contributed by atoms with Crippen LogP contribution in [0, 0.1) is 18.3 Å². The van der Waals surface area contributed by atoms with Gasteiger partial charge in [-0.1, -0.05) is 61.1 Å². The lowest BCUT2D eigenvalue weighted by Crippen LogP contribution is -2.31. The predicted molar refractivity (Wildman–Crippen MR) is 120 cm³/mol. The molecule has 2 aromatic carbocycles. The fraction of sp³-hybridized carbons (Fsp3) is 0.190. The first-order valence-corrected chi connectivity index (χ1v) is 9.49. The second kappa shape index (κ2) is 10.4. The van der Waals surface area contributed by atoms with E-state index in [4.69, 9.17) is 24.4 Å². The van der Waals surface area contributed by atoms with Gasteiger partial charge < -0.3 is 16.0 Å². The van der Waals surface area contributed by atoms with Gasteiger partial charge in [-0.25, -0.2) is 0 Å². The zero-order valence-corrected chi connectivity index (χ0v) is 17.0. The van der Waals surface area contributed by atoms with E-state index in [2.05, 4.69) is 22.0 Å². The van der Waals surface area contributed by atoms with Crippen molar-refractivity contribution in [2.45, 2.75) is 20.3 Å². The Morgan fingerprint density at radius 1 is 1.07 bits per heavy atom. The van der Waals surface area contributed by atoms with Gasteiger partial charge in [0.15, 0.2) is 5.11 Å². The highest BCUT2D eigenvalue weighted by Gasteiger charge is 2.15. The maximum absolute atomic E-state index is 9.76. The number of hydrogen-bond acceptors (Lipinski definition) is 3. The zero-order chi connectivity index (χ0) is 19.6. The summed E-state index contributed by atoms with van der Waals surface area (Å²) in [5.41, 5.74) is 3.75. The van der Waals surface area contributed by atoms with Crippen molar-refractivity contribution in [1.29, 1.82) is 5.26 Å². The molecule has 138 valence electrons. The molecule has 0 bridgehead atoms. The van der Waals surface area contributed by atoms with E-state index in [1.165, 1.54) is 0 Å². The van der Waals surface area contributed by atoms with Gasteiger partial charge in [0.1, 0.15) is 16.6 Å². The lowest BCUT2D eigenvalue weighted by atomic mass is 10.0. The molecule has 0 radical (unpaired) electrons. The summed E-state index contributed by atoms with van der Waals surface area (Å²) in [7, 11) is 0. The minimum absolute atomic E-state index is 0.362. The highest BCUT2D eigenvalue weighted by molar-refractivity contribution is 7.81. The van der Waals surface area contributed by atoms with Gasteiger partial charge >= 0.3 is 0 Å². The molecular formula is C21H22N4S2. The summed E-state index contributed by atoms with van der Waals surface area (Å²) in [6, 6.07) is 19.7. The average molecular weight is 395 g/mol. The standard InChI is InChI=1S/C21H22N4S2/c1-3-12-23-20(26)18(14-22)19(16-9-7-8-15(2)13-16)25-21(27)24-17-10-5-4-6-11-17/h4-11,13H,3,12H2,1-2H3,(H,23,26)(H2,24,25,27)/b19-18-. The van der Waals surface area contributed by atoms with Gasteiger partial charge in [0.2, 0.25) is 0 Å². The Morgan fingerprint density at radius 2 is 1.81 bits per heavy atom. The molecule has 0 atom stereocenters. The van der Waals surface area contributed by atoms with E-state index >= 15 is 0 Å². The highest BCUT2D eigenvalue weighted by Crippen LogP contribution is 2.19. The number of thiocarbonyl (C=S) groups is 2. The lowest BCUT2D eigenvalue weighted by molar-refractivity contribution is 0.848. The molecule has 0 unspecified atom stereocenters. The summed E-state index contributed by atoms with van der Waals surface area (Å²) < 4.78 is 0. The molecule has 0 spiro atoms. The van der Waals surface area contributed by atoms with E-state index < -0.39 is 0 Å². The molecule has 0 amide bonds. The van der Waals surface area contributed by atoms with Crippen LogP contribution in [0.2, 0.25) is 0 Å². The first-order chi connectivity index (χ1) is 13.0. The number of nitrogens with zero attached hydrogens (tertiary/aromatic N) is 1. The Balaban J connectivity index is 2.37. The smallest absolute Gasteiger partial charge is 0.175 e. The van der Waals surface area contributed by atoms with Crippen molar-refractivity contribution >= 4 is 45.9 Å². The Kier molecular flexibility index (Phi) is 7.93. The van der Waals surface area contributed by atoms with Crippen LogP contribution in [0.25, 0.3) is 5.70 Å². The molecule has 0 fully saturated rings. The fourth-order valence-electron chi connectivity index (χ4n) is 2.42. The molecule has 0 heterocycles. The SMILES string of the molecule is CCCNC(=S)/C(C#N)=C(\NC(=S)Nc1ccccc1)c1cccc(C)c1. The molecule has 2 rings (SSSR count). The van der Waals surface area contributed by atoms with Crippen LogP contribution >= 0.6 is 24.4 Å². The van der Waals surface area contributed by atoms with Crippen LogP contribution in [-0.2, 0) is 0 Å². The van der Waals surface area contributed by atoms with Crippen molar-refractivity contribution in [1.82, 2.24) is 10.6 Å². The molecular weight excluding hydrogens is 372 g/mol. The number of para-hydroxylation sites is 1. The molecule has 0 aliphatic rings. The highest BCUT2D eigenvalue weighted by atomic mass is 32.1. The Hall–Kier alpha value is -2.75. The maximum atomic E-state index is 9.76. The maximum Gasteiger partial charge on any atom is 0.175 e. The van der Waals surface area contributed by atoms with Gasteiger partial charge in [0, 0.05) is 12.2 Å². The second-order valence-corrected chi connectivity index (χ2v) is 6.75. The van der Waals surface area contributed by atoms with Crippen molar-refractivity contribution in [3.63, 3.8) is 0 Å². The van der Waals surface area contributed by atoms with Crippen LogP contribution in [-0.4, -0.2) is 16.6 Å². The first kappa shape index (κ1) is 20.6. The van der Waals surface area contributed by atoms with Crippen LogP contribution in [0.1, 0.15) is 24.5 Å². The Bertz CT molecular complexity index is 883. The number of nitrogens with one attached hydrogen (secondary N) is 3. The monoisotopic (exact) mass is 394 g/mol. The molecule has 27 heavy (non-hydrogen) atoms.